The highest BCUT2D eigenvalue weighted by atomic mass is 32.2. The number of ether oxygens (including phenoxy) is 1. The molecule has 1 aliphatic rings. The molecule has 36 heavy (non-hydrogen) atoms. The number of hydrogen-bond donors (Lipinski definition) is 1. The van der Waals surface area contributed by atoms with E-state index in [1.807, 2.05) is 4.90 Å². The Bertz CT molecular complexity index is 1410. The van der Waals surface area contributed by atoms with Crippen LogP contribution in [0.15, 0.2) is 59.5 Å². The molecule has 0 saturated carbocycles. The normalized spacial score (nSPS) is 15.4. The van der Waals surface area contributed by atoms with Crippen molar-refractivity contribution in [2.75, 3.05) is 43.1 Å². The second-order valence-corrected chi connectivity index (χ2v) is 10.6. The first-order valence-corrected chi connectivity index (χ1v) is 13.0. The van der Waals surface area contributed by atoms with Crippen LogP contribution in [0.3, 0.4) is 0 Å². The Labute approximate surface area is 206 Å². The van der Waals surface area contributed by atoms with Crippen molar-refractivity contribution in [2.45, 2.75) is 6.42 Å². The molecule has 2 aromatic carbocycles. The van der Waals surface area contributed by atoms with Crippen molar-refractivity contribution in [3.8, 4) is 5.69 Å². The Hall–Kier alpha value is -3.64. The summed E-state index contributed by atoms with van der Waals surface area (Å²) in [6.07, 6.45) is 0.858. The molecule has 1 aromatic heterocycles. The van der Waals surface area contributed by atoms with Crippen LogP contribution in [-0.4, -0.2) is 66.9 Å². The molecule has 1 fully saturated rings. The SMILES string of the molecule is O=C(Nc1cccc(Cc2nn(-c3ccc(F)c(F)c3)ccc2=O)c1)OCCN1CCS(=O)(=O)CC1. The number of carbonyl (C=O) groups excluding carboxylic acids is 1. The van der Waals surface area contributed by atoms with Crippen molar-refractivity contribution < 1.29 is 26.7 Å². The number of carbonyl (C=O) groups is 1. The Morgan fingerprint density at radius 2 is 1.83 bits per heavy atom. The van der Waals surface area contributed by atoms with E-state index in [2.05, 4.69) is 10.4 Å². The summed E-state index contributed by atoms with van der Waals surface area (Å²) in [7, 11) is -2.96. The van der Waals surface area contributed by atoms with E-state index < -0.39 is 27.6 Å². The third-order valence-electron chi connectivity index (χ3n) is 5.67. The van der Waals surface area contributed by atoms with Crippen molar-refractivity contribution in [1.29, 1.82) is 0 Å². The molecule has 0 aliphatic carbocycles. The van der Waals surface area contributed by atoms with Gasteiger partial charge in [-0.3, -0.25) is 15.0 Å². The van der Waals surface area contributed by atoms with Gasteiger partial charge in [-0.15, -0.1) is 0 Å². The summed E-state index contributed by atoms with van der Waals surface area (Å²) in [5.41, 5.74) is 1.27. The molecule has 12 heteroatoms. The first kappa shape index (κ1) is 25.5. The third-order valence-corrected chi connectivity index (χ3v) is 7.28. The third kappa shape index (κ3) is 6.73. The van der Waals surface area contributed by atoms with E-state index in [4.69, 9.17) is 4.74 Å². The minimum absolute atomic E-state index is 0.105. The second-order valence-electron chi connectivity index (χ2n) is 8.30. The Balaban J connectivity index is 1.35. The lowest BCUT2D eigenvalue weighted by Crippen LogP contribution is -2.42. The van der Waals surface area contributed by atoms with Gasteiger partial charge < -0.3 is 4.74 Å². The molecule has 1 saturated heterocycles. The molecule has 190 valence electrons. The van der Waals surface area contributed by atoms with E-state index in [-0.39, 0.29) is 41.3 Å². The van der Waals surface area contributed by atoms with Gasteiger partial charge in [-0.1, -0.05) is 12.1 Å². The van der Waals surface area contributed by atoms with Gasteiger partial charge in [0.2, 0.25) is 5.43 Å². The van der Waals surface area contributed by atoms with Crippen LogP contribution < -0.4 is 10.7 Å². The van der Waals surface area contributed by atoms with Crippen LogP contribution in [0.1, 0.15) is 11.3 Å². The molecule has 9 nitrogen and oxygen atoms in total. The van der Waals surface area contributed by atoms with E-state index in [9.17, 15) is 26.8 Å². The van der Waals surface area contributed by atoms with Crippen molar-refractivity contribution in [2.24, 2.45) is 0 Å². The summed E-state index contributed by atoms with van der Waals surface area (Å²) in [6, 6.07) is 11.4. The number of nitrogens with zero attached hydrogens (tertiary/aromatic N) is 3. The van der Waals surface area contributed by atoms with Crippen LogP contribution in [0.2, 0.25) is 0 Å². The quantitative estimate of drug-likeness (QED) is 0.511. The van der Waals surface area contributed by atoms with Crippen molar-refractivity contribution in [3.63, 3.8) is 0 Å². The maximum absolute atomic E-state index is 13.6. The Morgan fingerprint density at radius 1 is 1.06 bits per heavy atom. The maximum atomic E-state index is 13.6. The van der Waals surface area contributed by atoms with Gasteiger partial charge in [-0.05, 0) is 29.8 Å². The number of sulfone groups is 1. The monoisotopic (exact) mass is 518 g/mol. The molecule has 4 rings (SSSR count). The number of halogens is 2. The summed E-state index contributed by atoms with van der Waals surface area (Å²) in [5, 5.41) is 6.88. The number of anilines is 1. The lowest BCUT2D eigenvalue weighted by atomic mass is 10.1. The van der Waals surface area contributed by atoms with Gasteiger partial charge in [0.25, 0.3) is 0 Å². The number of aromatic nitrogens is 2. The zero-order chi connectivity index (χ0) is 25.7. The molecule has 0 radical (unpaired) electrons. The summed E-state index contributed by atoms with van der Waals surface area (Å²) in [4.78, 5) is 26.4. The zero-order valence-corrected chi connectivity index (χ0v) is 20.0. The molecular weight excluding hydrogens is 494 g/mol. The predicted octanol–water partition coefficient (Wildman–Crippen LogP) is 2.38. The van der Waals surface area contributed by atoms with Gasteiger partial charge in [-0.25, -0.2) is 26.7 Å². The predicted molar refractivity (Wildman–Crippen MR) is 129 cm³/mol. The van der Waals surface area contributed by atoms with Crippen LogP contribution in [0.25, 0.3) is 5.69 Å². The van der Waals surface area contributed by atoms with Crippen LogP contribution in [0, 0.1) is 11.6 Å². The van der Waals surface area contributed by atoms with Crippen molar-refractivity contribution >= 4 is 21.6 Å². The molecule has 1 aliphatic heterocycles. The number of hydrogen-bond acceptors (Lipinski definition) is 7. The summed E-state index contributed by atoms with van der Waals surface area (Å²) >= 11 is 0. The highest BCUT2D eigenvalue weighted by molar-refractivity contribution is 7.91. The molecule has 1 N–H and O–H groups in total. The number of benzene rings is 2. The van der Waals surface area contributed by atoms with Crippen molar-refractivity contribution in [3.05, 3.63) is 87.8 Å². The molecule has 0 atom stereocenters. The van der Waals surface area contributed by atoms with Crippen LogP contribution >= 0.6 is 0 Å². The topological polar surface area (TPSA) is 111 Å². The molecule has 1 amide bonds. The summed E-state index contributed by atoms with van der Waals surface area (Å²) < 4.78 is 56.3. The first-order valence-electron chi connectivity index (χ1n) is 11.2. The van der Waals surface area contributed by atoms with Gasteiger partial charge in [-0.2, -0.15) is 5.10 Å². The van der Waals surface area contributed by atoms with Crippen molar-refractivity contribution in [1.82, 2.24) is 14.7 Å². The van der Waals surface area contributed by atoms with Gasteiger partial charge >= 0.3 is 6.09 Å². The fourth-order valence-corrected chi connectivity index (χ4v) is 4.97. The summed E-state index contributed by atoms with van der Waals surface area (Å²) in [6.45, 7) is 1.39. The van der Waals surface area contributed by atoms with E-state index in [1.165, 1.54) is 23.0 Å². The number of nitrogens with one attached hydrogen (secondary N) is 1. The van der Waals surface area contributed by atoms with Crippen LogP contribution in [0.4, 0.5) is 19.3 Å². The zero-order valence-electron chi connectivity index (χ0n) is 19.2. The minimum Gasteiger partial charge on any atom is -0.448 e. The second kappa shape index (κ2) is 11.0. The number of amides is 1. The lowest BCUT2D eigenvalue weighted by Gasteiger charge is -2.26. The van der Waals surface area contributed by atoms with E-state index in [0.29, 0.717) is 30.9 Å². The van der Waals surface area contributed by atoms with Gasteiger partial charge in [0.1, 0.15) is 12.3 Å². The largest absolute Gasteiger partial charge is 0.448 e. The Morgan fingerprint density at radius 3 is 2.58 bits per heavy atom. The van der Waals surface area contributed by atoms with E-state index in [1.54, 1.807) is 24.3 Å². The standard InChI is InChI=1S/C24H24F2N4O5S/c25-20-5-4-19(16-21(20)26)30-7-6-23(31)22(28-30)15-17-2-1-3-18(14-17)27-24(32)35-11-8-29-9-12-36(33,34)13-10-29/h1-7,14,16H,8-13,15H2,(H,27,32). The summed E-state index contributed by atoms with van der Waals surface area (Å²) in [5.74, 6) is -1.80. The minimum atomic E-state index is -2.96. The average molecular weight is 519 g/mol. The number of rotatable bonds is 7. The molecule has 0 unspecified atom stereocenters. The molecule has 3 aromatic rings. The Kier molecular flexibility index (Phi) is 7.75. The van der Waals surface area contributed by atoms with E-state index in [0.717, 1.165) is 12.1 Å². The lowest BCUT2D eigenvalue weighted by molar-refractivity contribution is 0.142. The molecule has 0 bridgehead atoms. The van der Waals surface area contributed by atoms with Gasteiger partial charge in [0.05, 0.1) is 17.2 Å². The molecule has 2 heterocycles. The van der Waals surface area contributed by atoms with Crippen LogP contribution in [-0.2, 0) is 21.0 Å². The fourth-order valence-electron chi connectivity index (χ4n) is 3.69. The highest BCUT2D eigenvalue weighted by Gasteiger charge is 2.21. The highest BCUT2D eigenvalue weighted by Crippen LogP contribution is 2.15. The fraction of sp³-hybridized carbons (Fsp3) is 0.292. The smallest absolute Gasteiger partial charge is 0.411 e. The van der Waals surface area contributed by atoms with Gasteiger partial charge in [0.15, 0.2) is 21.5 Å². The molecular formula is C24H24F2N4O5S. The van der Waals surface area contributed by atoms with Crippen LogP contribution in [0.5, 0.6) is 0 Å². The maximum Gasteiger partial charge on any atom is 0.411 e. The molecule has 0 spiro atoms. The first-order chi connectivity index (χ1) is 17.2. The van der Waals surface area contributed by atoms with Gasteiger partial charge in [0, 0.05) is 50.1 Å². The average Bonchev–Trinajstić information content (AvgIpc) is 2.83. The van der Waals surface area contributed by atoms with E-state index >= 15 is 0 Å².